The van der Waals surface area contributed by atoms with Crippen LogP contribution in [0.2, 0.25) is 10.0 Å². The quantitative estimate of drug-likeness (QED) is 0.397. The van der Waals surface area contributed by atoms with Gasteiger partial charge in [-0.25, -0.2) is 4.39 Å². The highest BCUT2D eigenvalue weighted by atomic mass is 35.5. The van der Waals surface area contributed by atoms with Crippen molar-refractivity contribution in [3.05, 3.63) is 57.0 Å². The topological polar surface area (TPSA) is 114 Å². The largest absolute Gasteiger partial charge is 0.367 e. The molecule has 0 amide bonds. The fourth-order valence-electron chi connectivity index (χ4n) is 3.71. The molecule has 0 spiro atoms. The van der Waals surface area contributed by atoms with Gasteiger partial charge in [0.05, 0.1) is 10.7 Å². The van der Waals surface area contributed by atoms with E-state index < -0.39 is 5.82 Å². The van der Waals surface area contributed by atoms with Crippen molar-refractivity contribution in [2.75, 3.05) is 26.2 Å². The number of halogens is 3. The Morgan fingerprint density at radius 1 is 1.29 bits per heavy atom. The molecule has 1 aromatic heterocycles. The van der Waals surface area contributed by atoms with Gasteiger partial charge in [0, 0.05) is 36.1 Å². The molecule has 2 aliphatic heterocycles. The van der Waals surface area contributed by atoms with Crippen LogP contribution in [0.3, 0.4) is 0 Å². The second kappa shape index (κ2) is 9.33. The number of nitrogens with zero attached hydrogens (tertiary/aromatic N) is 3. The van der Waals surface area contributed by atoms with Gasteiger partial charge in [-0.1, -0.05) is 28.4 Å². The highest BCUT2D eigenvalue weighted by Gasteiger charge is 2.25. The van der Waals surface area contributed by atoms with Crippen LogP contribution in [0.4, 0.5) is 4.39 Å². The van der Waals surface area contributed by atoms with Crippen LogP contribution in [0.1, 0.15) is 36.0 Å². The molecular formula is C20H22Cl2FN7O. The molecule has 2 saturated heterocycles. The molecule has 0 atom stereocenters. The number of piperazine rings is 1. The lowest BCUT2D eigenvalue weighted by molar-refractivity contribution is 0.338. The van der Waals surface area contributed by atoms with Gasteiger partial charge in [-0.3, -0.25) is 10.8 Å². The summed E-state index contributed by atoms with van der Waals surface area (Å²) >= 11 is 12.4. The van der Waals surface area contributed by atoms with E-state index >= 15 is 0 Å². The Morgan fingerprint density at radius 2 is 2.06 bits per heavy atom. The fraction of sp³-hybridized carbons (Fsp3) is 0.400. The highest BCUT2D eigenvalue weighted by Crippen LogP contribution is 2.30. The van der Waals surface area contributed by atoms with Gasteiger partial charge in [-0.2, -0.15) is 4.98 Å². The number of allylic oxidation sites excluding steroid dienone is 1. The molecule has 3 heterocycles. The second-order valence-corrected chi connectivity index (χ2v) is 8.26. The van der Waals surface area contributed by atoms with Gasteiger partial charge >= 0.3 is 0 Å². The van der Waals surface area contributed by atoms with Crippen LogP contribution < -0.4 is 10.6 Å². The monoisotopic (exact) mass is 465 g/mol. The second-order valence-electron chi connectivity index (χ2n) is 7.47. The van der Waals surface area contributed by atoms with E-state index in [1.165, 1.54) is 18.2 Å². The minimum absolute atomic E-state index is 0.00225. The Balaban J connectivity index is 1.57. The number of aromatic nitrogens is 2. The summed E-state index contributed by atoms with van der Waals surface area (Å²) in [5, 5.41) is 27.3. The molecule has 2 aliphatic rings. The summed E-state index contributed by atoms with van der Waals surface area (Å²) in [7, 11) is 0. The van der Waals surface area contributed by atoms with Crippen LogP contribution >= 0.6 is 23.2 Å². The first-order valence-corrected chi connectivity index (χ1v) is 10.7. The Morgan fingerprint density at radius 3 is 2.84 bits per heavy atom. The molecule has 2 aromatic rings. The first kappa shape index (κ1) is 21.7. The standard InChI is InChI=1S/C20H22Cl2FN7O/c21-13-1-2-14(23)17(22)12(13)10-30-8-7-27-18(25)16(30)9-15(24)20-28-19(29-31-20)11-3-5-26-6-4-11/h1-2,9,11,24,26H,3-8,10H2,(H2,25,27)/b16-9+,24-15?. The van der Waals surface area contributed by atoms with Crippen LogP contribution in [0.5, 0.6) is 0 Å². The van der Waals surface area contributed by atoms with Gasteiger partial charge < -0.3 is 20.1 Å². The maximum absolute atomic E-state index is 13.9. The van der Waals surface area contributed by atoms with E-state index in [1.807, 2.05) is 4.90 Å². The average Bonchev–Trinajstić information content (AvgIpc) is 3.27. The summed E-state index contributed by atoms with van der Waals surface area (Å²) in [6, 6.07) is 2.67. The Kier molecular flexibility index (Phi) is 6.54. The minimum atomic E-state index is -0.555. The van der Waals surface area contributed by atoms with Crippen molar-refractivity contribution in [3.63, 3.8) is 0 Å². The van der Waals surface area contributed by atoms with Crippen LogP contribution in [-0.2, 0) is 6.54 Å². The molecule has 0 bridgehead atoms. The van der Waals surface area contributed by atoms with Crippen LogP contribution in [0.25, 0.3) is 0 Å². The van der Waals surface area contributed by atoms with Crippen molar-refractivity contribution in [1.82, 2.24) is 25.7 Å². The maximum atomic E-state index is 13.9. The lowest BCUT2D eigenvalue weighted by Gasteiger charge is -2.33. The van der Waals surface area contributed by atoms with Crippen molar-refractivity contribution in [1.29, 1.82) is 10.8 Å². The van der Waals surface area contributed by atoms with E-state index in [0.717, 1.165) is 25.9 Å². The molecule has 164 valence electrons. The molecular weight excluding hydrogens is 444 g/mol. The van der Waals surface area contributed by atoms with Crippen LogP contribution in [0.15, 0.2) is 28.4 Å². The zero-order valence-electron chi connectivity index (χ0n) is 16.6. The Bertz CT molecular complexity index is 1030. The Hall–Kier alpha value is -2.49. The van der Waals surface area contributed by atoms with Crippen molar-refractivity contribution < 1.29 is 8.91 Å². The summed E-state index contributed by atoms with van der Waals surface area (Å²) in [6.45, 7) is 3.05. The summed E-state index contributed by atoms with van der Waals surface area (Å²) in [6.07, 6.45) is 3.34. The van der Waals surface area contributed by atoms with Crippen LogP contribution in [0, 0.1) is 16.6 Å². The molecule has 0 aliphatic carbocycles. The highest BCUT2D eigenvalue weighted by molar-refractivity contribution is 6.36. The summed E-state index contributed by atoms with van der Waals surface area (Å²) in [5.41, 5.74) is 0.869. The molecule has 0 unspecified atom stereocenters. The lowest BCUT2D eigenvalue weighted by Crippen LogP contribution is -2.45. The third kappa shape index (κ3) is 4.73. The summed E-state index contributed by atoms with van der Waals surface area (Å²) < 4.78 is 19.2. The summed E-state index contributed by atoms with van der Waals surface area (Å²) in [4.78, 5) is 6.22. The number of benzene rings is 1. The smallest absolute Gasteiger partial charge is 0.275 e. The van der Waals surface area contributed by atoms with Gasteiger partial charge in [0.2, 0.25) is 0 Å². The predicted octanol–water partition coefficient (Wildman–Crippen LogP) is 3.32. The van der Waals surface area contributed by atoms with E-state index in [1.54, 1.807) is 0 Å². The third-order valence-corrected chi connectivity index (χ3v) is 6.19. The van der Waals surface area contributed by atoms with Crippen molar-refractivity contribution in [2.24, 2.45) is 0 Å². The van der Waals surface area contributed by atoms with E-state index in [2.05, 4.69) is 20.8 Å². The van der Waals surface area contributed by atoms with Crippen molar-refractivity contribution in [2.45, 2.75) is 25.3 Å². The van der Waals surface area contributed by atoms with E-state index in [0.29, 0.717) is 35.2 Å². The number of hydrogen-bond acceptors (Lipinski definition) is 7. The van der Waals surface area contributed by atoms with Gasteiger partial charge in [0.25, 0.3) is 5.89 Å². The van der Waals surface area contributed by atoms with E-state index in [-0.39, 0.29) is 34.9 Å². The zero-order chi connectivity index (χ0) is 22.0. The molecule has 4 N–H and O–H groups in total. The first-order valence-electron chi connectivity index (χ1n) is 9.99. The molecule has 1 aromatic carbocycles. The van der Waals surface area contributed by atoms with E-state index in [4.69, 9.17) is 38.5 Å². The molecule has 8 nitrogen and oxygen atoms in total. The number of hydrogen-bond donors (Lipinski definition) is 4. The molecule has 2 fully saturated rings. The SMILES string of the molecule is N=C1NCCN(Cc2c(Cl)ccc(F)c2Cl)/C1=C/C(=N)c1nc(C2CCNCC2)no1. The van der Waals surface area contributed by atoms with Gasteiger partial charge in [-0.05, 0) is 44.1 Å². The average molecular weight is 466 g/mol. The molecule has 4 rings (SSSR count). The minimum Gasteiger partial charge on any atom is -0.367 e. The molecule has 11 heteroatoms. The zero-order valence-corrected chi connectivity index (χ0v) is 18.2. The van der Waals surface area contributed by atoms with Crippen LogP contribution in [-0.4, -0.2) is 52.8 Å². The lowest BCUT2D eigenvalue weighted by atomic mass is 9.98. The molecule has 0 saturated carbocycles. The van der Waals surface area contributed by atoms with E-state index in [9.17, 15) is 4.39 Å². The predicted molar refractivity (Wildman–Crippen MR) is 117 cm³/mol. The third-order valence-electron chi connectivity index (χ3n) is 5.43. The van der Waals surface area contributed by atoms with Crippen molar-refractivity contribution in [3.8, 4) is 0 Å². The summed E-state index contributed by atoms with van der Waals surface area (Å²) in [5.74, 6) is 0.494. The van der Waals surface area contributed by atoms with Gasteiger partial charge in [0.15, 0.2) is 5.82 Å². The fourth-order valence-corrected chi connectivity index (χ4v) is 4.20. The first-order chi connectivity index (χ1) is 14.9. The van der Waals surface area contributed by atoms with Gasteiger partial charge in [0.1, 0.15) is 17.4 Å². The number of piperidine rings is 1. The Labute approximate surface area is 188 Å². The van der Waals surface area contributed by atoms with Crippen molar-refractivity contribution >= 4 is 34.7 Å². The number of amidine groups is 1. The number of nitrogens with one attached hydrogen (secondary N) is 4. The maximum Gasteiger partial charge on any atom is 0.275 e. The van der Waals surface area contributed by atoms with Gasteiger partial charge in [-0.15, -0.1) is 0 Å². The normalized spacial score (nSPS) is 19.0. The number of rotatable bonds is 5. The molecule has 31 heavy (non-hydrogen) atoms. The molecule has 0 radical (unpaired) electrons.